The Balaban J connectivity index is 0.968. The molecule has 2 aliphatic heterocycles. The predicted molar refractivity (Wildman–Crippen MR) is 300 cm³/mol. The van der Waals surface area contributed by atoms with Crippen molar-refractivity contribution in [2.45, 2.75) is 133 Å². The molecule has 8 saturated carbocycles. The van der Waals surface area contributed by atoms with E-state index in [4.69, 9.17) is 0 Å². The molecule has 0 radical (unpaired) electrons. The fraction of sp³-hybridized carbons (Fsp3) is 0.391. The fourth-order valence-electron chi connectivity index (χ4n) is 19.9. The second-order valence-electron chi connectivity index (χ2n) is 27.1. The first-order chi connectivity index (χ1) is 34.9. The van der Waals surface area contributed by atoms with Crippen LogP contribution in [0.1, 0.15) is 144 Å². The summed E-state index contributed by atoms with van der Waals surface area (Å²) in [5.41, 5.74) is 26.0. The first-order valence-electron chi connectivity index (χ1n) is 28.4. The highest BCUT2D eigenvalue weighted by Gasteiger charge is 2.55. The van der Waals surface area contributed by atoms with Gasteiger partial charge in [-0.25, -0.2) is 0 Å². The lowest BCUT2D eigenvalue weighted by atomic mass is 9.42. The minimum atomic E-state index is -0.170. The zero-order valence-corrected chi connectivity index (χ0v) is 43.1. The van der Waals surface area contributed by atoms with Crippen molar-refractivity contribution in [3.05, 3.63) is 172 Å². The standard InChI is InChI=1S/C69H67BN2/c1-40-21-54-53-32-58-59(67(4,5)57-14-10-9-13-56(57)66(58,2)3)33-62(53)72(51-18-15-48(16-19-51)47-11-7-6-8-12-47)70-60-31-50(69-37-44-26-45(38-69)28-46(27-44)39-69)30-55-52-29-49(68-34-41-23-42(35-68)25-43(24-41)36-68)17-20-61(52)71(65(55)60)63(22-40)64(54)70/h6-22,29-33,41-46H,23-28,34-39H2,1-5H3. The van der Waals surface area contributed by atoms with Gasteiger partial charge in [0.05, 0.1) is 11.0 Å². The lowest BCUT2D eigenvalue weighted by molar-refractivity contribution is -0.00526. The summed E-state index contributed by atoms with van der Waals surface area (Å²) >= 11 is 0. The number of aromatic nitrogens is 1. The van der Waals surface area contributed by atoms with Gasteiger partial charge in [-0.05, 0) is 245 Å². The second-order valence-corrected chi connectivity index (χ2v) is 27.1. The SMILES string of the molecule is Cc1cc2c3c(c1)-n1c4ccc(C56CC7CC(CC(C7)C5)C6)cc4c4cc(C56CC7CC(CC(C7)C5)C6)cc(c41)B3N(c1ccc(-c3ccccc3)cc1)c1cc3c(cc1-2)C(C)(C)c1ccccc1C3(C)C. The highest BCUT2D eigenvalue weighted by molar-refractivity contribution is 6.93. The summed E-state index contributed by atoms with van der Waals surface area (Å²) < 4.78 is 2.79. The Morgan fingerprint density at radius 1 is 0.458 bits per heavy atom. The zero-order valence-electron chi connectivity index (χ0n) is 43.1. The molecule has 72 heavy (non-hydrogen) atoms. The number of benzene rings is 7. The summed E-state index contributed by atoms with van der Waals surface area (Å²) in [6.45, 7) is 12.3. The van der Waals surface area contributed by atoms with E-state index in [1.807, 2.05) is 0 Å². The molecule has 8 bridgehead atoms. The molecule has 0 N–H and O–H groups in total. The van der Waals surface area contributed by atoms with Crippen molar-refractivity contribution in [3.63, 3.8) is 0 Å². The Kier molecular flexibility index (Phi) is 8.02. The highest BCUT2D eigenvalue weighted by atomic mass is 15.1. The van der Waals surface area contributed by atoms with E-state index in [0.717, 1.165) is 35.5 Å². The van der Waals surface area contributed by atoms with Crippen LogP contribution in [0.4, 0.5) is 11.4 Å². The molecule has 7 aromatic carbocycles. The fourth-order valence-corrected chi connectivity index (χ4v) is 19.9. The molecule has 11 aliphatic rings. The molecule has 3 heterocycles. The average molecular weight is 935 g/mol. The van der Waals surface area contributed by atoms with E-state index in [1.54, 1.807) is 11.1 Å². The van der Waals surface area contributed by atoms with Gasteiger partial charge in [0.1, 0.15) is 0 Å². The average Bonchev–Trinajstić information content (AvgIpc) is 3.71. The Bertz CT molecular complexity index is 3610. The number of hydrogen-bond acceptors (Lipinski definition) is 1. The van der Waals surface area contributed by atoms with Gasteiger partial charge in [-0.2, -0.15) is 0 Å². The van der Waals surface area contributed by atoms with Gasteiger partial charge >= 0.3 is 6.85 Å². The van der Waals surface area contributed by atoms with Crippen LogP contribution in [0.15, 0.2) is 133 Å². The third-order valence-electron chi connectivity index (χ3n) is 22.1. The molecule has 0 atom stereocenters. The van der Waals surface area contributed by atoms with Crippen LogP contribution in [0.3, 0.4) is 0 Å². The van der Waals surface area contributed by atoms with E-state index in [9.17, 15) is 0 Å². The summed E-state index contributed by atoms with van der Waals surface area (Å²) in [5, 5.41) is 3.02. The minimum absolute atomic E-state index is 0.00604. The molecule has 9 aliphatic carbocycles. The largest absolute Gasteiger partial charge is 0.376 e. The Morgan fingerprint density at radius 2 is 1.00 bits per heavy atom. The summed E-state index contributed by atoms with van der Waals surface area (Å²) in [7, 11) is 0. The van der Waals surface area contributed by atoms with E-state index in [0.29, 0.717) is 5.41 Å². The monoisotopic (exact) mass is 935 g/mol. The number of anilines is 2. The van der Waals surface area contributed by atoms with Gasteiger partial charge in [-0.1, -0.05) is 113 Å². The molecule has 356 valence electrons. The van der Waals surface area contributed by atoms with Gasteiger partial charge < -0.3 is 9.38 Å². The van der Waals surface area contributed by atoms with Crippen LogP contribution in [0.5, 0.6) is 0 Å². The zero-order chi connectivity index (χ0) is 47.8. The van der Waals surface area contributed by atoms with Gasteiger partial charge in [0.2, 0.25) is 0 Å². The molecule has 8 aromatic rings. The third kappa shape index (κ3) is 5.39. The maximum absolute atomic E-state index is 2.84. The van der Waals surface area contributed by atoms with E-state index in [-0.39, 0.29) is 23.1 Å². The van der Waals surface area contributed by atoms with Gasteiger partial charge in [-0.3, -0.25) is 0 Å². The lowest BCUT2D eigenvalue weighted by Gasteiger charge is -2.57. The van der Waals surface area contributed by atoms with E-state index < -0.39 is 0 Å². The number of nitrogens with zero attached hydrogens (tertiary/aromatic N) is 2. The molecule has 3 heteroatoms. The molecule has 2 nitrogen and oxygen atoms in total. The van der Waals surface area contributed by atoms with Gasteiger partial charge in [0.15, 0.2) is 0 Å². The first-order valence-corrected chi connectivity index (χ1v) is 28.4. The van der Waals surface area contributed by atoms with Gasteiger partial charge in [-0.15, -0.1) is 0 Å². The molecule has 0 unspecified atom stereocenters. The quantitative estimate of drug-likeness (QED) is 0.160. The summed E-state index contributed by atoms with van der Waals surface area (Å²) in [4.78, 5) is 2.84. The Hall–Kier alpha value is -5.80. The molecule has 0 amide bonds. The first kappa shape index (κ1) is 41.7. The van der Waals surface area contributed by atoms with E-state index >= 15 is 0 Å². The Labute approximate surface area is 427 Å². The molecule has 0 saturated heterocycles. The van der Waals surface area contributed by atoms with Crippen LogP contribution in [-0.4, -0.2) is 11.4 Å². The summed E-state index contributed by atoms with van der Waals surface area (Å²) in [6.07, 6.45) is 17.2. The van der Waals surface area contributed by atoms with Crippen molar-refractivity contribution in [2.75, 3.05) is 4.81 Å². The van der Waals surface area contributed by atoms with Crippen LogP contribution in [0.25, 0.3) is 49.7 Å². The van der Waals surface area contributed by atoms with Crippen molar-refractivity contribution in [1.82, 2.24) is 4.57 Å². The molecule has 1 aromatic heterocycles. The van der Waals surface area contributed by atoms with Crippen molar-refractivity contribution in [2.24, 2.45) is 35.5 Å². The van der Waals surface area contributed by atoms with Gasteiger partial charge in [0.25, 0.3) is 0 Å². The van der Waals surface area contributed by atoms with Gasteiger partial charge in [0, 0.05) is 44.2 Å². The van der Waals surface area contributed by atoms with Crippen molar-refractivity contribution in [3.8, 4) is 27.9 Å². The van der Waals surface area contributed by atoms with Crippen LogP contribution >= 0.6 is 0 Å². The maximum Gasteiger partial charge on any atom is 0.333 e. The molecule has 0 spiro atoms. The maximum atomic E-state index is 2.84. The summed E-state index contributed by atoms with van der Waals surface area (Å²) in [6, 6.07) is 54.2. The number of hydrogen-bond donors (Lipinski definition) is 0. The predicted octanol–water partition coefficient (Wildman–Crippen LogP) is 15.9. The smallest absolute Gasteiger partial charge is 0.333 e. The molecule has 19 rings (SSSR count). The minimum Gasteiger partial charge on any atom is -0.376 e. The summed E-state index contributed by atoms with van der Waals surface area (Å²) in [5.74, 6) is 5.41. The van der Waals surface area contributed by atoms with Crippen molar-refractivity contribution < 1.29 is 0 Å². The Morgan fingerprint density at radius 3 is 1.61 bits per heavy atom. The van der Waals surface area contributed by atoms with Crippen LogP contribution in [0, 0.1) is 42.4 Å². The topological polar surface area (TPSA) is 8.17 Å². The third-order valence-corrected chi connectivity index (χ3v) is 22.1. The van der Waals surface area contributed by atoms with E-state index in [2.05, 4.69) is 177 Å². The van der Waals surface area contributed by atoms with Crippen LogP contribution < -0.4 is 15.7 Å². The molecular weight excluding hydrogens is 868 g/mol. The number of fused-ring (bicyclic) bond motifs is 9. The number of rotatable bonds is 4. The highest BCUT2D eigenvalue weighted by Crippen LogP contribution is 2.63. The second kappa shape index (κ2) is 13.9. The van der Waals surface area contributed by atoms with E-state index in [1.165, 1.54) is 177 Å². The number of aryl methyl sites for hydroxylation is 1. The van der Waals surface area contributed by atoms with Crippen molar-refractivity contribution in [1.29, 1.82) is 0 Å². The van der Waals surface area contributed by atoms with Crippen LogP contribution in [0.2, 0.25) is 0 Å². The molecule has 8 fully saturated rings. The molecular formula is C69H67BN2. The van der Waals surface area contributed by atoms with Crippen LogP contribution in [-0.2, 0) is 21.7 Å². The van der Waals surface area contributed by atoms with Crippen molar-refractivity contribution >= 4 is 51.0 Å². The normalized spacial score (nSPS) is 29.9. The lowest BCUT2D eigenvalue weighted by Crippen LogP contribution is -2.61.